The molecule has 4 saturated carbocycles. The molecule has 0 aliphatic heterocycles. The SMILES string of the molecule is C[C@@H]([C@H]1CC[C@H]2[C@@H]3CC[C@@H]4C[C@@](O)([C@@H](F)S(=O)(=O)c5ccccc5)CC[C@]4(C)[C@H]3CC[C@]12C)[C@H](O)C(F)(F)F. The zero-order chi connectivity index (χ0) is 28.6. The summed E-state index contributed by atoms with van der Waals surface area (Å²) in [5.74, 6) is -0.155. The van der Waals surface area contributed by atoms with Crippen LogP contribution in [0.1, 0.15) is 78.6 Å². The second kappa shape index (κ2) is 9.69. The molecule has 4 aliphatic rings. The van der Waals surface area contributed by atoms with Crippen LogP contribution >= 0.6 is 0 Å². The average molecular weight is 575 g/mol. The quantitative estimate of drug-likeness (QED) is 0.384. The molecule has 0 radical (unpaired) electrons. The highest BCUT2D eigenvalue weighted by molar-refractivity contribution is 7.92. The summed E-state index contributed by atoms with van der Waals surface area (Å²) in [4.78, 5) is -0.129. The van der Waals surface area contributed by atoms with Crippen molar-refractivity contribution in [3.63, 3.8) is 0 Å². The minimum atomic E-state index is -4.63. The van der Waals surface area contributed by atoms with Gasteiger partial charge in [-0.1, -0.05) is 39.0 Å². The lowest BCUT2D eigenvalue weighted by molar-refractivity contribution is -0.228. The molecule has 1 aromatic carbocycles. The van der Waals surface area contributed by atoms with Crippen molar-refractivity contribution >= 4 is 9.84 Å². The van der Waals surface area contributed by atoms with Gasteiger partial charge in [0.05, 0.1) is 4.90 Å². The van der Waals surface area contributed by atoms with Crippen LogP contribution in [-0.4, -0.2) is 42.0 Å². The van der Waals surface area contributed by atoms with Gasteiger partial charge in [0.25, 0.3) is 0 Å². The molecule has 0 spiro atoms. The standard InChI is InChI=1S/C30H42F4O4S/c1-18(25(35)30(32,33)34)22-11-12-23-21-10-9-19-17-29(36,26(31)39(37,38)20-7-5-4-6-8-20)16-15-27(19,2)24(21)13-14-28(22,23)3/h4-8,18-19,21-26,35-36H,9-17H2,1-3H3/t18-,19+,21-,22+,23-,24-,25-,26-,27-,28+,29+/m0/s1. The molecular weight excluding hydrogens is 532 g/mol. The molecule has 9 heteroatoms. The lowest BCUT2D eigenvalue weighted by Crippen LogP contribution is -2.58. The minimum Gasteiger partial charge on any atom is -0.386 e. The Morgan fingerprint density at radius 1 is 0.923 bits per heavy atom. The topological polar surface area (TPSA) is 74.6 Å². The van der Waals surface area contributed by atoms with E-state index in [4.69, 9.17) is 0 Å². The largest absolute Gasteiger partial charge is 0.414 e. The summed E-state index contributed by atoms with van der Waals surface area (Å²) in [7, 11) is -4.35. The Morgan fingerprint density at radius 2 is 1.56 bits per heavy atom. The van der Waals surface area contributed by atoms with E-state index in [1.807, 2.05) is 0 Å². The second-order valence-electron chi connectivity index (χ2n) is 13.7. The number of hydrogen-bond donors (Lipinski definition) is 2. The van der Waals surface area contributed by atoms with Crippen LogP contribution in [0.5, 0.6) is 0 Å². The number of halogens is 4. The van der Waals surface area contributed by atoms with Crippen molar-refractivity contribution < 1.29 is 36.2 Å². The van der Waals surface area contributed by atoms with Crippen LogP contribution in [-0.2, 0) is 9.84 Å². The minimum absolute atomic E-state index is 0.0192. The van der Waals surface area contributed by atoms with Crippen LogP contribution in [0, 0.1) is 46.3 Å². The van der Waals surface area contributed by atoms with Crippen LogP contribution in [0.25, 0.3) is 0 Å². The average Bonchev–Trinajstić information content (AvgIpc) is 3.25. The Bertz CT molecular complexity index is 1160. The highest BCUT2D eigenvalue weighted by Crippen LogP contribution is 2.69. The maximum atomic E-state index is 15.7. The monoisotopic (exact) mass is 574 g/mol. The van der Waals surface area contributed by atoms with Gasteiger partial charge in [-0.05, 0) is 116 Å². The molecule has 0 unspecified atom stereocenters. The molecule has 0 amide bonds. The molecule has 4 fully saturated rings. The fourth-order valence-electron chi connectivity index (χ4n) is 9.92. The molecule has 0 heterocycles. The summed E-state index contributed by atoms with van der Waals surface area (Å²) in [5, 5.41) is 21.5. The zero-order valence-corrected chi connectivity index (χ0v) is 23.8. The first-order valence-corrected chi connectivity index (χ1v) is 16.0. The van der Waals surface area contributed by atoms with Gasteiger partial charge in [-0.2, -0.15) is 13.2 Å². The smallest absolute Gasteiger partial charge is 0.386 e. The number of sulfone groups is 1. The fourth-order valence-corrected chi connectivity index (χ4v) is 11.5. The van der Waals surface area contributed by atoms with Crippen molar-refractivity contribution in [3.8, 4) is 0 Å². The van der Waals surface area contributed by atoms with Crippen molar-refractivity contribution in [1.29, 1.82) is 0 Å². The van der Waals surface area contributed by atoms with Gasteiger partial charge in [-0.15, -0.1) is 0 Å². The van der Waals surface area contributed by atoms with E-state index in [1.165, 1.54) is 24.3 Å². The lowest BCUT2D eigenvalue weighted by Gasteiger charge is -2.62. The van der Waals surface area contributed by atoms with Crippen LogP contribution in [0.15, 0.2) is 35.2 Å². The molecule has 2 N–H and O–H groups in total. The first-order chi connectivity index (χ1) is 18.1. The van der Waals surface area contributed by atoms with Crippen molar-refractivity contribution in [1.82, 2.24) is 0 Å². The predicted molar refractivity (Wildman–Crippen MR) is 140 cm³/mol. The lowest BCUT2D eigenvalue weighted by atomic mass is 9.43. The predicted octanol–water partition coefficient (Wildman–Crippen LogP) is 6.71. The van der Waals surface area contributed by atoms with E-state index in [2.05, 4.69) is 13.8 Å². The normalized spacial score (nSPS) is 43.1. The van der Waals surface area contributed by atoms with Gasteiger partial charge in [-0.3, -0.25) is 0 Å². The molecule has 11 atom stereocenters. The maximum absolute atomic E-state index is 15.7. The summed E-state index contributed by atoms with van der Waals surface area (Å²) >= 11 is 0. The number of hydrogen-bond acceptors (Lipinski definition) is 4. The third-order valence-electron chi connectivity index (χ3n) is 12.1. The van der Waals surface area contributed by atoms with Crippen molar-refractivity contribution in [3.05, 3.63) is 30.3 Å². The first-order valence-electron chi connectivity index (χ1n) is 14.5. The van der Waals surface area contributed by atoms with E-state index >= 15 is 4.39 Å². The van der Waals surface area contributed by atoms with Gasteiger partial charge < -0.3 is 10.2 Å². The van der Waals surface area contributed by atoms with Gasteiger partial charge in [0, 0.05) is 0 Å². The van der Waals surface area contributed by atoms with E-state index in [9.17, 15) is 31.8 Å². The van der Waals surface area contributed by atoms with Crippen molar-refractivity contribution in [2.24, 2.45) is 46.3 Å². The molecule has 4 nitrogen and oxygen atoms in total. The van der Waals surface area contributed by atoms with Crippen molar-refractivity contribution in [2.45, 2.75) is 107 Å². The van der Waals surface area contributed by atoms with Gasteiger partial charge in [-0.25, -0.2) is 12.8 Å². The molecule has 5 rings (SSSR count). The Balaban J connectivity index is 1.34. The Morgan fingerprint density at radius 3 is 2.21 bits per heavy atom. The highest BCUT2D eigenvalue weighted by Gasteiger charge is 2.64. The number of aliphatic hydroxyl groups is 2. The molecule has 0 aromatic heterocycles. The van der Waals surface area contributed by atoms with Crippen molar-refractivity contribution in [2.75, 3.05) is 0 Å². The zero-order valence-electron chi connectivity index (χ0n) is 23.0. The number of fused-ring (bicyclic) bond motifs is 5. The molecule has 0 saturated heterocycles. The number of benzene rings is 1. The van der Waals surface area contributed by atoms with Gasteiger partial charge >= 0.3 is 6.18 Å². The van der Waals surface area contributed by atoms with Crippen LogP contribution < -0.4 is 0 Å². The summed E-state index contributed by atoms with van der Waals surface area (Å²) in [6.07, 6.45) is -1.48. The summed E-state index contributed by atoms with van der Waals surface area (Å²) in [6, 6.07) is 7.44. The number of alkyl halides is 4. The van der Waals surface area contributed by atoms with E-state index in [0.717, 1.165) is 32.1 Å². The van der Waals surface area contributed by atoms with Crippen LogP contribution in [0.4, 0.5) is 17.6 Å². The first kappa shape index (κ1) is 29.3. The second-order valence-corrected chi connectivity index (χ2v) is 15.7. The van der Waals surface area contributed by atoms with Crippen LogP contribution in [0.2, 0.25) is 0 Å². The number of aliphatic hydroxyl groups excluding tert-OH is 1. The van der Waals surface area contributed by atoms with Gasteiger partial charge in [0.1, 0.15) is 5.60 Å². The van der Waals surface area contributed by atoms with Gasteiger partial charge in [0.15, 0.2) is 6.10 Å². The van der Waals surface area contributed by atoms with E-state index < -0.39 is 39.1 Å². The van der Waals surface area contributed by atoms with Gasteiger partial charge in [0.2, 0.25) is 15.3 Å². The van der Waals surface area contributed by atoms with E-state index in [1.54, 1.807) is 13.0 Å². The van der Waals surface area contributed by atoms with E-state index in [-0.39, 0.29) is 46.3 Å². The molecule has 39 heavy (non-hydrogen) atoms. The molecule has 1 aromatic rings. The summed E-state index contributed by atoms with van der Waals surface area (Å²) in [6.45, 7) is 5.87. The number of rotatable bonds is 5. The summed E-state index contributed by atoms with van der Waals surface area (Å²) < 4.78 is 81.9. The Kier molecular flexibility index (Phi) is 7.28. The summed E-state index contributed by atoms with van der Waals surface area (Å²) in [5.41, 5.74) is -4.79. The molecule has 220 valence electrons. The third kappa shape index (κ3) is 4.57. The molecule has 0 bridgehead atoms. The Hall–Kier alpha value is -1.19. The maximum Gasteiger partial charge on any atom is 0.414 e. The Labute approximate surface area is 229 Å². The van der Waals surface area contributed by atoms with E-state index in [0.29, 0.717) is 24.7 Å². The highest BCUT2D eigenvalue weighted by atomic mass is 32.2. The molecule has 4 aliphatic carbocycles. The third-order valence-corrected chi connectivity index (χ3v) is 14.0. The van der Waals surface area contributed by atoms with Crippen LogP contribution in [0.3, 0.4) is 0 Å². The molecular formula is C30H42F4O4S. The fraction of sp³-hybridized carbons (Fsp3) is 0.800.